The second kappa shape index (κ2) is 9.92. The van der Waals surface area contributed by atoms with Crippen LogP contribution in [0.15, 0.2) is 22.7 Å². The van der Waals surface area contributed by atoms with E-state index in [4.69, 9.17) is 4.74 Å². The van der Waals surface area contributed by atoms with Crippen LogP contribution in [0, 0.1) is 19.1 Å². The van der Waals surface area contributed by atoms with E-state index in [1.807, 2.05) is 12.1 Å². The maximum atomic E-state index is 13.2. The largest absolute Gasteiger partial charge is 0.618 e. The molecule has 2 rings (SSSR count). The minimum atomic E-state index is -0.319. The van der Waals surface area contributed by atoms with E-state index in [1.54, 1.807) is 19.9 Å². The highest BCUT2D eigenvalue weighted by Crippen LogP contribution is 2.30. The normalized spacial score (nSPS) is 10.8. The molecular weight excluding hydrogens is 420 g/mol. The number of halogens is 1. The quantitative estimate of drug-likeness (QED) is 0.340. The fourth-order valence-electron chi connectivity index (χ4n) is 3.20. The van der Waals surface area contributed by atoms with Gasteiger partial charge in [-0.15, -0.1) is 0 Å². The maximum Gasteiger partial charge on any atom is 0.265 e. The van der Waals surface area contributed by atoms with Crippen molar-refractivity contribution in [3.05, 3.63) is 56.0 Å². The standard InChI is InChI=1S/C22H29BrN2O3/c1-6-9-10-28-19-11-14(4)25(27)15(5)20(19)22(26)24-21-16(7-2)12-18(23)13-17(21)8-3/h11-13H,6-10H2,1-5H3,(H,24,26). The molecule has 5 nitrogen and oxygen atoms in total. The van der Waals surface area contributed by atoms with E-state index in [1.165, 1.54) is 0 Å². The Morgan fingerprint density at radius 2 is 1.75 bits per heavy atom. The minimum absolute atomic E-state index is 0.295. The topological polar surface area (TPSA) is 65.3 Å². The predicted molar refractivity (Wildman–Crippen MR) is 116 cm³/mol. The van der Waals surface area contributed by atoms with Gasteiger partial charge in [-0.1, -0.05) is 43.1 Å². The van der Waals surface area contributed by atoms with Crippen molar-refractivity contribution in [2.24, 2.45) is 0 Å². The summed E-state index contributed by atoms with van der Waals surface area (Å²) in [5.74, 6) is 0.140. The number of rotatable bonds is 8. The van der Waals surface area contributed by atoms with Gasteiger partial charge < -0.3 is 15.3 Å². The number of nitrogens with one attached hydrogen (secondary N) is 1. The fraction of sp³-hybridized carbons (Fsp3) is 0.455. The molecule has 0 fully saturated rings. The fourth-order valence-corrected chi connectivity index (χ4v) is 3.75. The first-order chi connectivity index (χ1) is 13.3. The van der Waals surface area contributed by atoms with Crippen LogP contribution in [0.1, 0.15) is 66.5 Å². The lowest BCUT2D eigenvalue weighted by atomic mass is 10.0. The smallest absolute Gasteiger partial charge is 0.265 e. The van der Waals surface area contributed by atoms with E-state index in [2.05, 4.69) is 42.0 Å². The Bertz CT molecular complexity index is 840. The van der Waals surface area contributed by atoms with Crippen molar-refractivity contribution < 1.29 is 14.3 Å². The van der Waals surface area contributed by atoms with Crippen LogP contribution in [0.4, 0.5) is 5.69 Å². The molecule has 0 saturated carbocycles. The Labute approximate surface area is 175 Å². The van der Waals surface area contributed by atoms with Crippen molar-refractivity contribution in [2.75, 3.05) is 11.9 Å². The molecule has 0 spiro atoms. The zero-order valence-electron chi connectivity index (χ0n) is 17.3. The highest BCUT2D eigenvalue weighted by Gasteiger charge is 2.25. The summed E-state index contributed by atoms with van der Waals surface area (Å²) in [4.78, 5) is 13.2. The molecule has 6 heteroatoms. The first-order valence-corrected chi connectivity index (χ1v) is 10.6. The third kappa shape index (κ3) is 4.85. The number of benzene rings is 1. The van der Waals surface area contributed by atoms with E-state index in [0.717, 1.165) is 51.7 Å². The van der Waals surface area contributed by atoms with Gasteiger partial charge in [-0.3, -0.25) is 4.79 Å². The van der Waals surface area contributed by atoms with E-state index in [-0.39, 0.29) is 5.91 Å². The zero-order valence-corrected chi connectivity index (χ0v) is 18.9. The number of amides is 1. The van der Waals surface area contributed by atoms with Crippen molar-refractivity contribution >= 4 is 27.5 Å². The number of anilines is 1. The molecule has 152 valence electrons. The highest BCUT2D eigenvalue weighted by atomic mass is 79.9. The van der Waals surface area contributed by atoms with Gasteiger partial charge in [0.2, 0.25) is 5.69 Å². The van der Waals surface area contributed by atoms with Crippen LogP contribution >= 0.6 is 15.9 Å². The summed E-state index contributed by atoms with van der Waals surface area (Å²) in [5.41, 5.74) is 4.06. The predicted octanol–water partition coefficient (Wildman–Crippen LogP) is 5.26. The molecule has 0 aliphatic heterocycles. The number of hydrogen-bond donors (Lipinski definition) is 1. The molecule has 1 aromatic carbocycles. The Morgan fingerprint density at radius 1 is 1.14 bits per heavy atom. The summed E-state index contributed by atoms with van der Waals surface area (Å²) in [5, 5.41) is 15.4. The number of carbonyl (C=O) groups excluding carboxylic acids is 1. The summed E-state index contributed by atoms with van der Waals surface area (Å²) in [7, 11) is 0. The molecule has 1 N–H and O–H groups in total. The molecule has 0 unspecified atom stereocenters. The van der Waals surface area contributed by atoms with Gasteiger partial charge in [0.15, 0.2) is 5.69 Å². The van der Waals surface area contributed by atoms with Crippen LogP contribution in [0.3, 0.4) is 0 Å². The SMILES string of the molecule is CCCCOc1cc(C)[n+]([O-])c(C)c1C(=O)Nc1c(CC)cc(Br)cc1CC. The first-order valence-electron chi connectivity index (χ1n) is 9.83. The lowest BCUT2D eigenvalue weighted by Crippen LogP contribution is -2.37. The maximum absolute atomic E-state index is 13.2. The third-order valence-electron chi connectivity index (χ3n) is 4.82. The van der Waals surface area contributed by atoms with Crippen LogP contribution in [-0.2, 0) is 12.8 Å². The Hall–Kier alpha value is -2.08. The molecule has 0 radical (unpaired) electrons. The first kappa shape index (κ1) is 22.2. The monoisotopic (exact) mass is 448 g/mol. The van der Waals surface area contributed by atoms with Crippen molar-refractivity contribution in [3.63, 3.8) is 0 Å². The second-order valence-corrected chi connectivity index (χ2v) is 7.78. The Morgan fingerprint density at radius 3 is 2.29 bits per heavy atom. The van der Waals surface area contributed by atoms with Crippen molar-refractivity contribution in [1.29, 1.82) is 0 Å². The molecule has 0 aliphatic rings. The number of carbonyl (C=O) groups is 1. The van der Waals surface area contributed by atoms with Gasteiger partial charge in [-0.05, 0) is 42.5 Å². The van der Waals surface area contributed by atoms with Crippen molar-refractivity contribution in [1.82, 2.24) is 0 Å². The number of ether oxygens (including phenoxy) is 1. The van der Waals surface area contributed by atoms with Crippen LogP contribution in [0.2, 0.25) is 0 Å². The number of unbranched alkanes of at least 4 members (excludes halogenated alkanes) is 1. The Balaban J connectivity index is 2.48. The number of aromatic nitrogens is 1. The van der Waals surface area contributed by atoms with Gasteiger partial charge in [0, 0.05) is 30.1 Å². The molecule has 2 aromatic rings. The average Bonchev–Trinajstić information content (AvgIpc) is 2.67. The molecule has 0 aliphatic carbocycles. The van der Waals surface area contributed by atoms with Crippen molar-refractivity contribution in [2.45, 2.75) is 60.3 Å². The van der Waals surface area contributed by atoms with Crippen LogP contribution in [0.25, 0.3) is 0 Å². The molecule has 1 heterocycles. The van der Waals surface area contributed by atoms with E-state index in [0.29, 0.717) is 29.3 Å². The number of pyridine rings is 1. The van der Waals surface area contributed by atoms with Gasteiger partial charge in [-0.2, -0.15) is 4.73 Å². The van der Waals surface area contributed by atoms with Gasteiger partial charge >= 0.3 is 0 Å². The third-order valence-corrected chi connectivity index (χ3v) is 5.28. The van der Waals surface area contributed by atoms with E-state index in [9.17, 15) is 10.0 Å². The highest BCUT2D eigenvalue weighted by molar-refractivity contribution is 9.10. The second-order valence-electron chi connectivity index (χ2n) is 6.87. The van der Waals surface area contributed by atoms with Gasteiger partial charge in [0.25, 0.3) is 5.91 Å². The number of aryl methyl sites for hydroxylation is 3. The zero-order chi connectivity index (χ0) is 20.8. The molecule has 28 heavy (non-hydrogen) atoms. The van der Waals surface area contributed by atoms with Gasteiger partial charge in [0.05, 0.1) is 6.61 Å². The molecule has 0 saturated heterocycles. The molecular formula is C22H29BrN2O3. The van der Waals surface area contributed by atoms with E-state index < -0.39 is 0 Å². The summed E-state index contributed by atoms with van der Waals surface area (Å²) in [6.45, 7) is 10.1. The summed E-state index contributed by atoms with van der Waals surface area (Å²) >= 11 is 3.54. The molecule has 1 amide bonds. The Kier molecular flexibility index (Phi) is 7.87. The van der Waals surface area contributed by atoms with Crippen molar-refractivity contribution in [3.8, 4) is 5.75 Å². The summed E-state index contributed by atoms with van der Waals surface area (Å²) in [6, 6.07) is 5.68. The lowest BCUT2D eigenvalue weighted by molar-refractivity contribution is -0.619. The minimum Gasteiger partial charge on any atom is -0.618 e. The van der Waals surface area contributed by atoms with Crippen LogP contribution in [0.5, 0.6) is 5.75 Å². The van der Waals surface area contributed by atoms with Gasteiger partial charge in [-0.25, -0.2) is 0 Å². The molecule has 1 aromatic heterocycles. The summed E-state index contributed by atoms with van der Waals surface area (Å²) in [6.07, 6.45) is 3.46. The number of nitrogens with zero attached hydrogens (tertiary/aromatic N) is 1. The number of hydrogen-bond acceptors (Lipinski definition) is 3. The average molecular weight is 449 g/mol. The summed E-state index contributed by atoms with van der Waals surface area (Å²) < 4.78 is 7.64. The molecule has 0 bridgehead atoms. The van der Waals surface area contributed by atoms with Crippen LogP contribution in [-0.4, -0.2) is 12.5 Å². The van der Waals surface area contributed by atoms with Gasteiger partial charge in [0.1, 0.15) is 11.3 Å². The van der Waals surface area contributed by atoms with E-state index >= 15 is 0 Å². The lowest BCUT2D eigenvalue weighted by Gasteiger charge is -2.18. The molecule has 0 atom stereocenters. The van der Waals surface area contributed by atoms with Crippen LogP contribution < -0.4 is 14.8 Å².